The molecule has 1 heterocycles. The van der Waals surface area contributed by atoms with Gasteiger partial charge >= 0.3 is 0 Å². The van der Waals surface area contributed by atoms with Crippen molar-refractivity contribution >= 4 is 23.0 Å². The van der Waals surface area contributed by atoms with Crippen LogP contribution in [-0.4, -0.2) is 31.7 Å². The molecule has 3 aromatic rings. The number of carbonyl (C=O) groups is 1. The predicted octanol–water partition coefficient (Wildman–Crippen LogP) is 4.00. The van der Waals surface area contributed by atoms with E-state index in [4.69, 9.17) is 4.74 Å². The van der Waals surface area contributed by atoms with Gasteiger partial charge in [-0.3, -0.25) is 4.79 Å². The number of aromatic nitrogens is 1. The Kier molecular flexibility index (Phi) is 7.61. The van der Waals surface area contributed by atoms with E-state index in [0.29, 0.717) is 24.2 Å². The maximum absolute atomic E-state index is 10.7. The van der Waals surface area contributed by atoms with Crippen LogP contribution in [0.1, 0.15) is 19.4 Å². The number of fused-ring (bicyclic) bond motifs is 1. The molecule has 0 radical (unpaired) electrons. The second kappa shape index (κ2) is 10.1. The topological polar surface area (TPSA) is 79.1 Å². The number of carbonyl (C=O) groups excluding carboxylic acids is 1. The zero-order valence-electron chi connectivity index (χ0n) is 16.7. The molecule has 6 heteroatoms. The summed E-state index contributed by atoms with van der Waals surface area (Å²) in [6.07, 6.45) is 0.643. The number of benzene rings is 2. The summed E-state index contributed by atoms with van der Waals surface area (Å²) in [5, 5.41) is 16.2. The van der Waals surface area contributed by atoms with Crippen molar-refractivity contribution in [1.29, 1.82) is 5.26 Å². The Morgan fingerprint density at radius 1 is 1.21 bits per heavy atom. The Morgan fingerprint density at radius 2 is 1.96 bits per heavy atom. The molecule has 28 heavy (non-hydrogen) atoms. The molecule has 0 fully saturated rings. The maximum Gasteiger partial charge on any atom is 0.211 e. The van der Waals surface area contributed by atoms with Gasteiger partial charge in [0, 0.05) is 29.2 Å². The summed E-state index contributed by atoms with van der Waals surface area (Å²) in [5.41, 5.74) is 4.00. The van der Waals surface area contributed by atoms with Crippen LogP contribution < -0.4 is 15.4 Å². The average Bonchev–Trinajstić information content (AvgIpc) is 3.06. The number of hydrogen-bond acceptors (Lipinski definition) is 4. The van der Waals surface area contributed by atoms with Crippen LogP contribution in [0.2, 0.25) is 0 Å². The molecule has 0 aliphatic rings. The molecule has 0 saturated heterocycles. The number of methoxy groups -OCH3 is 1. The van der Waals surface area contributed by atoms with Gasteiger partial charge in [-0.25, -0.2) is 0 Å². The normalized spacial score (nSPS) is 9.96. The zero-order chi connectivity index (χ0) is 20.5. The van der Waals surface area contributed by atoms with Crippen LogP contribution in [-0.2, 0) is 11.3 Å². The lowest BCUT2D eigenvalue weighted by molar-refractivity contribution is -0.105. The third-order valence-electron chi connectivity index (χ3n) is 4.41. The third-order valence-corrected chi connectivity index (χ3v) is 4.41. The molecule has 0 saturated carbocycles. The van der Waals surface area contributed by atoms with E-state index in [9.17, 15) is 10.1 Å². The minimum atomic E-state index is 0.623. The van der Waals surface area contributed by atoms with Crippen LogP contribution in [0, 0.1) is 11.3 Å². The summed E-state index contributed by atoms with van der Waals surface area (Å²) in [5.74, 6) is 0.752. The molecule has 1 amide bonds. The smallest absolute Gasteiger partial charge is 0.211 e. The highest BCUT2D eigenvalue weighted by Crippen LogP contribution is 2.35. The van der Waals surface area contributed by atoms with Gasteiger partial charge in [-0.15, -0.1) is 0 Å². The van der Waals surface area contributed by atoms with Crippen molar-refractivity contribution in [2.24, 2.45) is 0 Å². The van der Waals surface area contributed by atoms with Crippen LogP contribution in [0.15, 0.2) is 42.5 Å². The van der Waals surface area contributed by atoms with Crippen LogP contribution in [0.25, 0.3) is 22.2 Å². The van der Waals surface area contributed by atoms with Gasteiger partial charge in [0.2, 0.25) is 6.41 Å². The number of ether oxygens (including phenoxy) is 1. The first-order chi connectivity index (χ1) is 13.6. The molecule has 0 aliphatic heterocycles. The molecule has 146 valence electrons. The van der Waals surface area contributed by atoms with E-state index < -0.39 is 0 Å². The van der Waals surface area contributed by atoms with Gasteiger partial charge in [-0.2, -0.15) is 5.26 Å². The first-order valence-electron chi connectivity index (χ1n) is 9.20. The summed E-state index contributed by atoms with van der Waals surface area (Å²) >= 11 is 0. The van der Waals surface area contributed by atoms with Crippen molar-refractivity contribution in [2.75, 3.05) is 26.0 Å². The summed E-state index contributed by atoms with van der Waals surface area (Å²) in [6.45, 7) is 5.89. The Bertz CT molecular complexity index is 984. The highest BCUT2D eigenvalue weighted by Gasteiger charge is 2.18. The van der Waals surface area contributed by atoms with Crippen molar-refractivity contribution in [3.63, 3.8) is 0 Å². The molecule has 0 bridgehead atoms. The molecule has 2 aromatic carbocycles. The van der Waals surface area contributed by atoms with Crippen LogP contribution in [0.3, 0.4) is 0 Å². The van der Waals surface area contributed by atoms with Crippen LogP contribution in [0.5, 0.6) is 5.75 Å². The highest BCUT2D eigenvalue weighted by atomic mass is 16.5. The molecule has 2 N–H and O–H groups in total. The minimum absolute atomic E-state index is 0.623. The number of hydrogen-bond donors (Lipinski definition) is 2. The molecule has 0 unspecified atom stereocenters. The highest BCUT2D eigenvalue weighted by molar-refractivity contribution is 5.95. The first kappa shape index (κ1) is 21.0. The predicted molar refractivity (Wildman–Crippen MR) is 114 cm³/mol. The van der Waals surface area contributed by atoms with Gasteiger partial charge in [-0.1, -0.05) is 19.1 Å². The van der Waals surface area contributed by atoms with Gasteiger partial charge < -0.3 is 19.9 Å². The number of nitrogens with one attached hydrogen (secondary N) is 2. The van der Waals surface area contributed by atoms with Crippen molar-refractivity contribution in [3.8, 4) is 23.1 Å². The second-order valence-corrected chi connectivity index (χ2v) is 6.01. The monoisotopic (exact) mass is 378 g/mol. The quantitative estimate of drug-likeness (QED) is 0.636. The van der Waals surface area contributed by atoms with Crippen molar-refractivity contribution in [1.82, 2.24) is 9.88 Å². The average molecular weight is 378 g/mol. The fraction of sp³-hybridized carbons (Fsp3) is 0.273. The molecule has 1 aromatic heterocycles. The number of amides is 1. The Balaban J connectivity index is 0.000000640. The van der Waals surface area contributed by atoms with E-state index in [-0.39, 0.29) is 0 Å². The third kappa shape index (κ3) is 4.33. The lowest BCUT2D eigenvalue weighted by Gasteiger charge is -2.10. The van der Waals surface area contributed by atoms with E-state index in [2.05, 4.69) is 28.2 Å². The SMILES string of the molecule is CCNC.CCn1c(-c2cccc(NC=O)c2)c(C#N)c2ccc(OC)cc21. The molecule has 0 spiro atoms. The summed E-state index contributed by atoms with van der Waals surface area (Å²) in [7, 11) is 3.56. The molecular weight excluding hydrogens is 352 g/mol. The molecule has 0 aliphatic carbocycles. The number of anilines is 1. The van der Waals surface area contributed by atoms with Crippen LogP contribution >= 0.6 is 0 Å². The summed E-state index contributed by atoms with van der Waals surface area (Å²) in [4.78, 5) is 10.7. The van der Waals surface area contributed by atoms with E-state index in [1.807, 2.05) is 56.4 Å². The number of aryl methyl sites for hydroxylation is 1. The van der Waals surface area contributed by atoms with Gasteiger partial charge in [-0.05, 0) is 44.8 Å². The minimum Gasteiger partial charge on any atom is -0.497 e. The Labute approximate surface area is 165 Å². The lowest BCUT2D eigenvalue weighted by Crippen LogP contribution is -2.01. The van der Waals surface area contributed by atoms with Crippen LogP contribution in [0.4, 0.5) is 5.69 Å². The number of nitrogens with zero attached hydrogens (tertiary/aromatic N) is 2. The molecular formula is C22H26N4O2. The van der Waals surface area contributed by atoms with Crippen molar-refractivity contribution in [2.45, 2.75) is 20.4 Å². The fourth-order valence-corrected chi connectivity index (χ4v) is 3.02. The second-order valence-electron chi connectivity index (χ2n) is 6.01. The molecule has 3 rings (SSSR count). The van der Waals surface area contributed by atoms with Gasteiger partial charge in [0.05, 0.1) is 23.9 Å². The van der Waals surface area contributed by atoms with Crippen molar-refractivity contribution in [3.05, 3.63) is 48.0 Å². The van der Waals surface area contributed by atoms with E-state index in [1.165, 1.54) is 0 Å². The zero-order valence-corrected chi connectivity index (χ0v) is 16.7. The Morgan fingerprint density at radius 3 is 2.54 bits per heavy atom. The largest absolute Gasteiger partial charge is 0.497 e. The van der Waals surface area contributed by atoms with Gasteiger partial charge in [0.15, 0.2) is 0 Å². The summed E-state index contributed by atoms with van der Waals surface area (Å²) < 4.78 is 7.41. The Hall–Kier alpha value is -3.30. The lowest BCUT2D eigenvalue weighted by atomic mass is 10.1. The van der Waals surface area contributed by atoms with Crippen molar-refractivity contribution < 1.29 is 9.53 Å². The maximum atomic E-state index is 10.7. The van der Waals surface area contributed by atoms with Gasteiger partial charge in [0.1, 0.15) is 11.8 Å². The van der Waals surface area contributed by atoms with E-state index >= 15 is 0 Å². The summed E-state index contributed by atoms with van der Waals surface area (Å²) in [6, 6.07) is 15.5. The first-order valence-corrected chi connectivity index (χ1v) is 9.20. The standard InChI is InChI=1S/C19H17N3O2.C3H9N/c1-3-22-18-10-15(24-2)7-8-16(18)17(11-20)19(22)13-5-4-6-14(9-13)21-12-23;1-3-4-2/h4-10,12H,3H2,1-2H3,(H,21,23);4H,3H2,1-2H3. The number of nitriles is 1. The fourth-order valence-electron chi connectivity index (χ4n) is 3.02. The van der Waals surface area contributed by atoms with E-state index in [0.717, 1.165) is 34.5 Å². The van der Waals surface area contributed by atoms with E-state index in [1.54, 1.807) is 7.11 Å². The molecule has 0 atom stereocenters. The van der Waals surface area contributed by atoms with Gasteiger partial charge in [0.25, 0.3) is 0 Å². The number of rotatable bonds is 6. The molecule has 6 nitrogen and oxygen atoms in total.